The monoisotopic (exact) mass is 393 g/mol. The minimum atomic E-state index is -0.737. The standard InChI is InChI=1S/C14H18Cl3N5O2/c1-14(2)21-12(18)20-13(19)22(14)24-5-3-4-23-11-9(16)6-8(15)7-10(11)17/h6-7H,3-5H2,1-2H3,(H4,18,19,20,21). The Labute approximate surface area is 155 Å². The van der Waals surface area contributed by atoms with Gasteiger partial charge >= 0.3 is 0 Å². The molecule has 0 atom stereocenters. The summed E-state index contributed by atoms with van der Waals surface area (Å²) >= 11 is 17.9. The molecule has 1 aliphatic rings. The van der Waals surface area contributed by atoms with Crippen LogP contribution in [0, 0.1) is 0 Å². The molecule has 0 aromatic heterocycles. The number of ether oxygens (including phenoxy) is 1. The molecule has 0 saturated carbocycles. The van der Waals surface area contributed by atoms with Gasteiger partial charge in [-0.2, -0.15) is 10.1 Å². The van der Waals surface area contributed by atoms with E-state index in [9.17, 15) is 0 Å². The highest BCUT2D eigenvalue weighted by Gasteiger charge is 2.32. The van der Waals surface area contributed by atoms with Gasteiger partial charge in [-0.1, -0.05) is 34.8 Å². The summed E-state index contributed by atoms with van der Waals surface area (Å²) in [6, 6.07) is 3.13. The molecule has 2 rings (SSSR count). The van der Waals surface area contributed by atoms with Gasteiger partial charge in [0.15, 0.2) is 11.4 Å². The van der Waals surface area contributed by atoms with Gasteiger partial charge in [-0.3, -0.25) is 4.84 Å². The maximum Gasteiger partial charge on any atom is 0.226 e. The Morgan fingerprint density at radius 3 is 2.33 bits per heavy atom. The molecule has 1 heterocycles. The molecular weight excluding hydrogens is 377 g/mol. The van der Waals surface area contributed by atoms with E-state index < -0.39 is 5.66 Å². The average Bonchev–Trinajstić information content (AvgIpc) is 2.42. The molecule has 24 heavy (non-hydrogen) atoms. The first kappa shape index (κ1) is 18.9. The lowest BCUT2D eigenvalue weighted by Gasteiger charge is -2.36. The molecule has 0 aliphatic carbocycles. The van der Waals surface area contributed by atoms with Crippen LogP contribution >= 0.6 is 34.8 Å². The molecule has 0 radical (unpaired) electrons. The van der Waals surface area contributed by atoms with Crippen LogP contribution in [0.2, 0.25) is 15.1 Å². The zero-order chi connectivity index (χ0) is 17.9. The molecule has 0 bridgehead atoms. The Hall–Kier alpha value is -1.41. The molecule has 10 heteroatoms. The van der Waals surface area contributed by atoms with Crippen LogP contribution in [0.25, 0.3) is 0 Å². The molecule has 7 nitrogen and oxygen atoms in total. The third kappa shape index (κ3) is 4.57. The van der Waals surface area contributed by atoms with Crippen molar-refractivity contribution in [2.75, 3.05) is 13.2 Å². The highest BCUT2D eigenvalue weighted by atomic mass is 35.5. The van der Waals surface area contributed by atoms with Gasteiger partial charge in [-0.15, -0.1) is 0 Å². The Bertz CT molecular complexity index is 655. The zero-order valence-electron chi connectivity index (χ0n) is 13.2. The van der Waals surface area contributed by atoms with Crippen LogP contribution in [0.15, 0.2) is 22.1 Å². The van der Waals surface area contributed by atoms with E-state index in [4.69, 9.17) is 55.8 Å². The fraction of sp³-hybridized carbons (Fsp3) is 0.429. The number of halogens is 3. The van der Waals surface area contributed by atoms with Gasteiger partial charge in [0.25, 0.3) is 0 Å². The number of guanidine groups is 2. The predicted octanol–water partition coefficient (Wildman–Crippen LogP) is 3.03. The molecule has 0 fully saturated rings. The molecule has 0 spiro atoms. The third-order valence-corrected chi connectivity index (χ3v) is 3.82. The lowest BCUT2D eigenvalue weighted by Crippen LogP contribution is -2.53. The van der Waals surface area contributed by atoms with Gasteiger partial charge in [0, 0.05) is 11.4 Å². The van der Waals surface area contributed by atoms with E-state index in [0.29, 0.717) is 40.5 Å². The van der Waals surface area contributed by atoms with Crippen molar-refractivity contribution >= 4 is 46.7 Å². The minimum absolute atomic E-state index is 0.118. The van der Waals surface area contributed by atoms with Crippen LogP contribution in [-0.2, 0) is 4.84 Å². The first-order valence-corrected chi connectivity index (χ1v) is 8.24. The molecule has 0 unspecified atom stereocenters. The van der Waals surface area contributed by atoms with E-state index in [1.54, 1.807) is 12.1 Å². The number of rotatable bonds is 6. The molecule has 1 aromatic rings. The van der Waals surface area contributed by atoms with E-state index in [2.05, 4.69) is 9.98 Å². The van der Waals surface area contributed by atoms with E-state index in [1.165, 1.54) is 5.06 Å². The lowest BCUT2D eigenvalue weighted by atomic mass is 10.2. The van der Waals surface area contributed by atoms with Crippen molar-refractivity contribution in [2.45, 2.75) is 25.9 Å². The fourth-order valence-corrected chi connectivity index (χ4v) is 3.00. The topological polar surface area (TPSA) is 98.5 Å². The summed E-state index contributed by atoms with van der Waals surface area (Å²) in [5.74, 6) is 0.657. The Morgan fingerprint density at radius 2 is 1.75 bits per heavy atom. The third-order valence-electron chi connectivity index (χ3n) is 3.04. The molecular formula is C14H18Cl3N5O2. The second-order valence-electron chi connectivity index (χ2n) is 5.46. The maximum atomic E-state index is 6.05. The van der Waals surface area contributed by atoms with Gasteiger partial charge in [-0.05, 0) is 26.0 Å². The molecule has 4 N–H and O–H groups in total. The highest BCUT2D eigenvalue weighted by Crippen LogP contribution is 2.35. The number of aliphatic imine (C=N–C) groups is 2. The van der Waals surface area contributed by atoms with Crippen LogP contribution < -0.4 is 16.2 Å². The number of nitrogens with two attached hydrogens (primary N) is 2. The summed E-state index contributed by atoms with van der Waals surface area (Å²) in [7, 11) is 0. The SMILES string of the molecule is CC1(C)N=C(N)N=C(N)N1OCCCOc1c(Cl)cc(Cl)cc1Cl. The Morgan fingerprint density at radius 1 is 1.12 bits per heavy atom. The molecule has 1 aromatic carbocycles. The average molecular weight is 395 g/mol. The number of hydrogen-bond donors (Lipinski definition) is 2. The second kappa shape index (κ2) is 7.65. The number of hydroxylamine groups is 2. The lowest BCUT2D eigenvalue weighted by molar-refractivity contribution is -0.158. The summed E-state index contributed by atoms with van der Waals surface area (Å²) in [6.07, 6.45) is 0.564. The van der Waals surface area contributed by atoms with E-state index in [0.717, 1.165) is 0 Å². The number of benzene rings is 1. The zero-order valence-corrected chi connectivity index (χ0v) is 15.5. The Kier molecular flexibility index (Phi) is 6.03. The van der Waals surface area contributed by atoms with Gasteiger partial charge < -0.3 is 16.2 Å². The van der Waals surface area contributed by atoms with Crippen molar-refractivity contribution in [2.24, 2.45) is 21.5 Å². The normalized spacial score (nSPS) is 16.6. The van der Waals surface area contributed by atoms with Gasteiger partial charge in [0.2, 0.25) is 11.9 Å². The summed E-state index contributed by atoms with van der Waals surface area (Å²) in [4.78, 5) is 13.7. The van der Waals surface area contributed by atoms with Gasteiger partial charge in [0.1, 0.15) is 0 Å². The summed E-state index contributed by atoms with van der Waals surface area (Å²) in [6.45, 7) is 4.30. The molecule has 0 saturated heterocycles. The first-order valence-electron chi connectivity index (χ1n) is 7.10. The van der Waals surface area contributed by atoms with Crippen LogP contribution in [0.4, 0.5) is 0 Å². The predicted molar refractivity (Wildman–Crippen MR) is 96.7 cm³/mol. The Balaban J connectivity index is 1.83. The molecule has 0 amide bonds. The van der Waals surface area contributed by atoms with Crippen LogP contribution in [0.1, 0.15) is 20.3 Å². The summed E-state index contributed by atoms with van der Waals surface area (Å²) < 4.78 is 5.58. The van der Waals surface area contributed by atoms with Crippen LogP contribution in [0.3, 0.4) is 0 Å². The van der Waals surface area contributed by atoms with Crippen molar-refractivity contribution in [3.8, 4) is 5.75 Å². The smallest absolute Gasteiger partial charge is 0.226 e. The quantitative estimate of drug-likeness (QED) is 0.723. The second-order valence-corrected chi connectivity index (χ2v) is 6.71. The van der Waals surface area contributed by atoms with E-state index in [1.807, 2.05) is 13.8 Å². The molecule has 132 valence electrons. The van der Waals surface area contributed by atoms with Gasteiger partial charge in [-0.25, -0.2) is 4.99 Å². The summed E-state index contributed by atoms with van der Waals surface area (Å²) in [5.41, 5.74) is 10.7. The van der Waals surface area contributed by atoms with Crippen molar-refractivity contribution in [1.82, 2.24) is 5.06 Å². The number of nitrogens with zero attached hydrogens (tertiary/aromatic N) is 3. The van der Waals surface area contributed by atoms with Gasteiger partial charge in [0.05, 0.1) is 23.3 Å². The summed E-state index contributed by atoms with van der Waals surface area (Å²) in [5, 5.41) is 2.56. The van der Waals surface area contributed by atoms with Crippen molar-refractivity contribution < 1.29 is 9.57 Å². The van der Waals surface area contributed by atoms with Crippen molar-refractivity contribution in [1.29, 1.82) is 0 Å². The van der Waals surface area contributed by atoms with E-state index >= 15 is 0 Å². The van der Waals surface area contributed by atoms with E-state index in [-0.39, 0.29) is 11.9 Å². The first-order chi connectivity index (χ1) is 11.2. The van der Waals surface area contributed by atoms with Crippen molar-refractivity contribution in [3.63, 3.8) is 0 Å². The minimum Gasteiger partial charge on any atom is -0.490 e. The fourth-order valence-electron chi connectivity index (χ4n) is 2.07. The van der Waals surface area contributed by atoms with Crippen molar-refractivity contribution in [3.05, 3.63) is 27.2 Å². The molecule has 1 aliphatic heterocycles. The number of hydrogen-bond acceptors (Lipinski definition) is 7. The van der Waals surface area contributed by atoms with Crippen LogP contribution in [-0.4, -0.2) is 35.9 Å². The largest absolute Gasteiger partial charge is 0.490 e. The van der Waals surface area contributed by atoms with Crippen LogP contribution in [0.5, 0.6) is 5.75 Å². The highest BCUT2D eigenvalue weighted by molar-refractivity contribution is 6.40. The maximum absolute atomic E-state index is 6.05.